The van der Waals surface area contributed by atoms with Crippen LogP contribution in [0.25, 0.3) is 0 Å². The number of amides is 4. The Labute approximate surface area is 215 Å². The average molecular weight is 508 g/mol. The minimum absolute atomic E-state index is 0.0198. The monoisotopic (exact) mass is 507 g/mol. The van der Waals surface area contributed by atoms with Crippen LogP contribution in [0.2, 0.25) is 0 Å². The maximum absolute atomic E-state index is 13.7. The van der Waals surface area contributed by atoms with Gasteiger partial charge in [-0.15, -0.1) is 0 Å². The van der Waals surface area contributed by atoms with Crippen molar-refractivity contribution < 1.29 is 23.9 Å². The molecule has 3 fully saturated rings. The molecule has 1 aliphatic carbocycles. The number of hydrazine groups is 1. The molecule has 4 amide bonds. The molecule has 4 N–H and O–H groups in total. The van der Waals surface area contributed by atoms with Crippen molar-refractivity contribution in [1.29, 1.82) is 0 Å². The first-order valence-corrected chi connectivity index (χ1v) is 13.1. The molecule has 3 aliphatic rings. The number of nitrogens with two attached hydrogens (primary N) is 1. The van der Waals surface area contributed by atoms with Gasteiger partial charge in [0.05, 0.1) is 18.5 Å². The summed E-state index contributed by atoms with van der Waals surface area (Å²) in [6, 6.07) is -1.44. The Morgan fingerprint density at radius 2 is 1.86 bits per heavy atom. The first-order valence-electron chi connectivity index (χ1n) is 13.1. The van der Waals surface area contributed by atoms with Gasteiger partial charge in [-0.1, -0.05) is 34.1 Å². The number of rotatable bonds is 6. The average Bonchev–Trinajstić information content (AvgIpc) is 3.05. The summed E-state index contributed by atoms with van der Waals surface area (Å²) in [6.45, 7) is 17.6. The fourth-order valence-corrected chi connectivity index (χ4v) is 5.75. The van der Waals surface area contributed by atoms with Gasteiger partial charge in [-0.25, -0.2) is 9.80 Å². The van der Waals surface area contributed by atoms with Crippen molar-refractivity contribution in [2.24, 2.45) is 34.8 Å². The number of hydrogen-bond donors (Lipinski definition) is 3. The lowest BCUT2D eigenvalue weighted by Crippen LogP contribution is -2.59. The second kappa shape index (κ2) is 9.50. The van der Waals surface area contributed by atoms with Gasteiger partial charge in [0.15, 0.2) is 0 Å². The van der Waals surface area contributed by atoms with Crippen molar-refractivity contribution in [1.82, 2.24) is 20.7 Å². The number of ether oxygens (including phenoxy) is 1. The van der Waals surface area contributed by atoms with E-state index >= 15 is 0 Å². The Kier molecular flexibility index (Phi) is 7.45. The number of carbonyl (C=O) groups is 4. The molecule has 6 atom stereocenters. The number of nitrogens with zero attached hydrogens (tertiary/aromatic N) is 2. The molecular formula is C26H45N5O5. The molecule has 0 aromatic rings. The van der Waals surface area contributed by atoms with E-state index in [0.717, 1.165) is 11.4 Å². The standard InChI is InChI=1S/C26H45N5O5/c1-10-14(2)18(27)22(34)30-13-16-17(26(16,8)9)19(30)21(33)29-31(23(35)36-24(3,4)5)12-15-11-25(6,7)28-20(15)32/h14-19H,10-13,27H2,1-9H3,(H,28,32)(H,29,33)/t14-,15+,16-,17-,18-,19-/m0/s1. The van der Waals surface area contributed by atoms with Crippen LogP contribution in [0.4, 0.5) is 4.79 Å². The van der Waals surface area contributed by atoms with Crippen LogP contribution < -0.4 is 16.5 Å². The molecular weight excluding hydrogens is 462 g/mol. The van der Waals surface area contributed by atoms with E-state index in [0.29, 0.717) is 13.0 Å². The molecule has 10 heteroatoms. The van der Waals surface area contributed by atoms with Gasteiger partial charge in [-0.2, -0.15) is 0 Å². The second-order valence-electron chi connectivity index (χ2n) is 13.1. The zero-order valence-corrected chi connectivity index (χ0v) is 23.3. The van der Waals surface area contributed by atoms with Gasteiger partial charge < -0.3 is 20.7 Å². The molecule has 0 unspecified atom stereocenters. The summed E-state index contributed by atoms with van der Waals surface area (Å²) in [6.07, 6.45) is 0.519. The number of likely N-dealkylation sites (tertiary alicyclic amines) is 1. The molecule has 2 saturated heterocycles. The third-order valence-corrected chi connectivity index (χ3v) is 8.15. The molecule has 2 heterocycles. The van der Waals surface area contributed by atoms with Crippen molar-refractivity contribution in [3.05, 3.63) is 0 Å². The summed E-state index contributed by atoms with van der Waals surface area (Å²) >= 11 is 0. The fourth-order valence-electron chi connectivity index (χ4n) is 5.75. The van der Waals surface area contributed by atoms with Crippen LogP contribution in [-0.4, -0.2) is 70.0 Å². The number of hydrogen-bond acceptors (Lipinski definition) is 6. The topological polar surface area (TPSA) is 134 Å². The minimum atomic E-state index is -0.792. The van der Waals surface area contributed by atoms with Gasteiger partial charge in [0.1, 0.15) is 11.6 Å². The van der Waals surface area contributed by atoms with E-state index in [2.05, 4.69) is 24.6 Å². The van der Waals surface area contributed by atoms with Gasteiger partial charge in [0.2, 0.25) is 11.8 Å². The van der Waals surface area contributed by atoms with Crippen LogP contribution in [0.1, 0.15) is 75.2 Å². The van der Waals surface area contributed by atoms with E-state index in [1.165, 1.54) is 0 Å². The van der Waals surface area contributed by atoms with Crippen LogP contribution in [0.5, 0.6) is 0 Å². The van der Waals surface area contributed by atoms with Crippen molar-refractivity contribution >= 4 is 23.8 Å². The third-order valence-electron chi connectivity index (χ3n) is 8.15. The van der Waals surface area contributed by atoms with E-state index in [1.807, 2.05) is 27.7 Å². The van der Waals surface area contributed by atoms with Crippen LogP contribution >= 0.6 is 0 Å². The maximum Gasteiger partial charge on any atom is 0.429 e. The SMILES string of the molecule is CC[C@H](C)[C@H](N)C(=O)N1C[C@H]2[C@@H]([C@H]1C(=O)NN(C[C@H]1CC(C)(C)NC1=O)C(=O)OC(C)(C)C)C2(C)C. The molecule has 0 aromatic carbocycles. The first-order chi connectivity index (χ1) is 16.4. The van der Waals surface area contributed by atoms with Crippen molar-refractivity contribution in [2.45, 2.75) is 98.4 Å². The number of piperidine rings is 1. The van der Waals surface area contributed by atoms with Crippen molar-refractivity contribution in [3.8, 4) is 0 Å². The zero-order chi connectivity index (χ0) is 27.4. The summed E-state index contributed by atoms with van der Waals surface area (Å²) in [5.41, 5.74) is 7.69. The molecule has 204 valence electrons. The lowest BCUT2D eigenvalue weighted by molar-refractivity contribution is -0.144. The molecule has 36 heavy (non-hydrogen) atoms. The fraction of sp³-hybridized carbons (Fsp3) is 0.846. The Bertz CT molecular complexity index is 911. The maximum atomic E-state index is 13.7. The van der Waals surface area contributed by atoms with Crippen LogP contribution in [0.15, 0.2) is 0 Å². The van der Waals surface area contributed by atoms with E-state index in [1.54, 1.807) is 25.7 Å². The molecule has 3 rings (SSSR count). The number of carbonyl (C=O) groups excluding carboxylic acids is 4. The summed E-state index contributed by atoms with van der Waals surface area (Å²) in [5.74, 6) is -1.23. The van der Waals surface area contributed by atoms with Crippen molar-refractivity contribution in [3.63, 3.8) is 0 Å². The lowest BCUT2D eigenvalue weighted by atomic mass is 9.96. The van der Waals surface area contributed by atoms with Gasteiger partial charge in [0.25, 0.3) is 5.91 Å². The van der Waals surface area contributed by atoms with E-state index in [9.17, 15) is 19.2 Å². The van der Waals surface area contributed by atoms with E-state index in [-0.39, 0.29) is 41.5 Å². The quantitative estimate of drug-likeness (QED) is 0.471. The summed E-state index contributed by atoms with van der Waals surface area (Å²) in [7, 11) is 0. The number of fused-ring (bicyclic) bond motifs is 1. The molecule has 0 spiro atoms. The van der Waals surface area contributed by atoms with Gasteiger partial charge in [0, 0.05) is 12.1 Å². The number of nitrogens with one attached hydrogen (secondary N) is 2. The summed E-state index contributed by atoms with van der Waals surface area (Å²) < 4.78 is 5.54. The Morgan fingerprint density at radius 1 is 1.25 bits per heavy atom. The van der Waals surface area contributed by atoms with Crippen LogP contribution in [-0.2, 0) is 19.1 Å². The zero-order valence-electron chi connectivity index (χ0n) is 23.3. The second-order valence-corrected chi connectivity index (χ2v) is 13.1. The molecule has 0 bridgehead atoms. The van der Waals surface area contributed by atoms with Gasteiger partial charge in [-0.05, 0) is 64.2 Å². The van der Waals surface area contributed by atoms with E-state index in [4.69, 9.17) is 10.5 Å². The highest BCUT2D eigenvalue weighted by atomic mass is 16.6. The Hall–Kier alpha value is -2.36. The highest BCUT2D eigenvalue weighted by Crippen LogP contribution is 2.64. The highest BCUT2D eigenvalue weighted by molar-refractivity contribution is 5.92. The van der Waals surface area contributed by atoms with Gasteiger partial charge >= 0.3 is 6.09 Å². The predicted octanol–water partition coefficient (Wildman–Crippen LogP) is 2.03. The lowest BCUT2D eigenvalue weighted by Gasteiger charge is -2.35. The van der Waals surface area contributed by atoms with Crippen molar-refractivity contribution in [2.75, 3.05) is 13.1 Å². The highest BCUT2D eigenvalue weighted by Gasteiger charge is 2.69. The Morgan fingerprint density at radius 3 is 2.36 bits per heavy atom. The molecule has 2 aliphatic heterocycles. The minimum Gasteiger partial charge on any atom is -0.442 e. The summed E-state index contributed by atoms with van der Waals surface area (Å²) in [5, 5.41) is 4.02. The largest absolute Gasteiger partial charge is 0.442 e. The van der Waals surface area contributed by atoms with Crippen LogP contribution in [0, 0.1) is 29.1 Å². The molecule has 1 saturated carbocycles. The Balaban J connectivity index is 1.83. The predicted molar refractivity (Wildman–Crippen MR) is 135 cm³/mol. The molecule has 0 aromatic heterocycles. The van der Waals surface area contributed by atoms with Crippen LogP contribution in [0.3, 0.4) is 0 Å². The first kappa shape index (κ1) is 28.2. The smallest absolute Gasteiger partial charge is 0.429 e. The normalized spacial score (nSPS) is 29.6. The molecule has 10 nitrogen and oxygen atoms in total. The summed E-state index contributed by atoms with van der Waals surface area (Å²) in [4.78, 5) is 54.3. The molecule has 0 radical (unpaired) electrons. The van der Waals surface area contributed by atoms with Gasteiger partial charge in [-0.3, -0.25) is 19.8 Å². The third kappa shape index (κ3) is 5.63. The van der Waals surface area contributed by atoms with E-state index < -0.39 is 41.1 Å².